The molecule has 2 heteroatoms. The summed E-state index contributed by atoms with van der Waals surface area (Å²) in [5.41, 5.74) is 1.17. The molecule has 0 aliphatic heterocycles. The number of aromatic nitrogens is 1. The first-order chi connectivity index (χ1) is 11.3. The van der Waals surface area contributed by atoms with Crippen molar-refractivity contribution in [3.05, 3.63) is 30.1 Å². The minimum Gasteiger partial charge on any atom is -0.260 e. The standard InChI is InChI=1S/C21H36BrN/c1-2-3-4-5-6-7-8-9-10-11-12-13-14-17-20(22)21-18-15-16-19-23-21/h15-16,18-20H,2-14,17H2,1H3. The Labute approximate surface area is 152 Å². The normalized spacial score (nSPS) is 12.4. The third-order valence-electron chi connectivity index (χ3n) is 4.57. The third kappa shape index (κ3) is 11.8. The fraction of sp³-hybridized carbons (Fsp3) is 0.762. The van der Waals surface area contributed by atoms with Gasteiger partial charge in [-0.2, -0.15) is 0 Å². The van der Waals surface area contributed by atoms with Crippen molar-refractivity contribution in [2.24, 2.45) is 0 Å². The van der Waals surface area contributed by atoms with Gasteiger partial charge in [0.2, 0.25) is 0 Å². The van der Waals surface area contributed by atoms with Crippen molar-refractivity contribution in [1.82, 2.24) is 4.98 Å². The average Bonchev–Trinajstić information content (AvgIpc) is 2.59. The summed E-state index contributed by atoms with van der Waals surface area (Å²) in [6.07, 6.45) is 21.5. The molecule has 0 amide bonds. The van der Waals surface area contributed by atoms with Gasteiger partial charge in [0, 0.05) is 6.20 Å². The Balaban J connectivity index is 1.81. The molecule has 0 aromatic carbocycles. The SMILES string of the molecule is CCCCCCCCCCCCCCCC(Br)c1ccccn1. The number of rotatable bonds is 15. The molecular formula is C21H36BrN. The number of unbranched alkanes of at least 4 members (excludes halogenated alkanes) is 12. The van der Waals surface area contributed by atoms with E-state index in [4.69, 9.17) is 0 Å². The molecule has 0 bridgehead atoms. The summed E-state index contributed by atoms with van der Waals surface area (Å²) >= 11 is 3.76. The quantitative estimate of drug-likeness (QED) is 0.221. The van der Waals surface area contributed by atoms with E-state index in [2.05, 4.69) is 40.0 Å². The van der Waals surface area contributed by atoms with Crippen molar-refractivity contribution in [3.63, 3.8) is 0 Å². The van der Waals surface area contributed by atoms with Crippen molar-refractivity contribution in [1.29, 1.82) is 0 Å². The molecule has 23 heavy (non-hydrogen) atoms. The van der Waals surface area contributed by atoms with Gasteiger partial charge in [-0.05, 0) is 18.6 Å². The summed E-state index contributed by atoms with van der Waals surface area (Å²) in [5.74, 6) is 0. The van der Waals surface area contributed by atoms with Crippen molar-refractivity contribution in [3.8, 4) is 0 Å². The fourth-order valence-electron chi connectivity index (χ4n) is 3.05. The van der Waals surface area contributed by atoms with Crippen LogP contribution in [0.2, 0.25) is 0 Å². The third-order valence-corrected chi connectivity index (χ3v) is 5.50. The zero-order chi connectivity index (χ0) is 16.6. The highest BCUT2D eigenvalue weighted by atomic mass is 79.9. The molecule has 1 rings (SSSR count). The Bertz CT molecular complexity index is 352. The first-order valence-corrected chi connectivity index (χ1v) is 10.8. The number of nitrogens with zero attached hydrogens (tertiary/aromatic N) is 1. The predicted molar refractivity (Wildman–Crippen MR) is 106 cm³/mol. The van der Waals surface area contributed by atoms with Crippen molar-refractivity contribution < 1.29 is 0 Å². The highest BCUT2D eigenvalue weighted by Crippen LogP contribution is 2.27. The van der Waals surface area contributed by atoms with E-state index in [1.54, 1.807) is 0 Å². The van der Waals surface area contributed by atoms with Crippen LogP contribution in [0.1, 0.15) is 107 Å². The van der Waals surface area contributed by atoms with Gasteiger partial charge in [-0.3, -0.25) is 4.98 Å². The molecule has 1 heterocycles. The monoisotopic (exact) mass is 381 g/mol. The number of pyridine rings is 1. The molecular weight excluding hydrogens is 346 g/mol. The largest absolute Gasteiger partial charge is 0.260 e. The Morgan fingerprint density at radius 3 is 1.78 bits per heavy atom. The number of hydrogen-bond donors (Lipinski definition) is 0. The molecule has 0 saturated heterocycles. The molecule has 1 aromatic heterocycles. The van der Waals surface area contributed by atoms with Crippen LogP contribution in [-0.2, 0) is 0 Å². The van der Waals surface area contributed by atoms with Gasteiger partial charge in [-0.15, -0.1) is 0 Å². The average molecular weight is 382 g/mol. The first kappa shape index (κ1) is 20.7. The molecule has 132 valence electrons. The van der Waals surface area contributed by atoms with Crippen molar-refractivity contribution in [2.45, 2.75) is 102 Å². The van der Waals surface area contributed by atoms with Crippen LogP contribution in [0.15, 0.2) is 24.4 Å². The van der Waals surface area contributed by atoms with E-state index in [9.17, 15) is 0 Å². The summed E-state index contributed by atoms with van der Waals surface area (Å²) < 4.78 is 0. The maximum Gasteiger partial charge on any atom is 0.0568 e. The topological polar surface area (TPSA) is 12.9 Å². The lowest BCUT2D eigenvalue weighted by atomic mass is 10.0. The lowest BCUT2D eigenvalue weighted by Gasteiger charge is -2.08. The van der Waals surface area contributed by atoms with E-state index in [1.165, 1.54) is 95.6 Å². The summed E-state index contributed by atoms with van der Waals surface area (Å²) in [5, 5.41) is 0. The van der Waals surface area contributed by atoms with Gasteiger partial charge >= 0.3 is 0 Å². The fourth-order valence-corrected chi connectivity index (χ4v) is 3.65. The van der Waals surface area contributed by atoms with Crippen molar-refractivity contribution in [2.75, 3.05) is 0 Å². The highest BCUT2D eigenvalue weighted by Gasteiger charge is 2.07. The summed E-state index contributed by atoms with van der Waals surface area (Å²) in [6, 6.07) is 6.16. The van der Waals surface area contributed by atoms with Gasteiger partial charge in [0.15, 0.2) is 0 Å². The number of alkyl halides is 1. The molecule has 0 radical (unpaired) electrons. The van der Waals surface area contributed by atoms with Crippen LogP contribution < -0.4 is 0 Å². The van der Waals surface area contributed by atoms with Crippen LogP contribution in [0.25, 0.3) is 0 Å². The molecule has 1 aromatic rings. The molecule has 0 aliphatic rings. The van der Waals surface area contributed by atoms with Gasteiger partial charge in [-0.1, -0.05) is 112 Å². The number of halogens is 1. The smallest absolute Gasteiger partial charge is 0.0568 e. The van der Waals surface area contributed by atoms with Crippen molar-refractivity contribution >= 4 is 15.9 Å². The van der Waals surface area contributed by atoms with Crippen LogP contribution in [0, 0.1) is 0 Å². The zero-order valence-electron chi connectivity index (χ0n) is 15.1. The molecule has 1 nitrogen and oxygen atoms in total. The van der Waals surface area contributed by atoms with Crippen LogP contribution in [0.3, 0.4) is 0 Å². The Morgan fingerprint density at radius 1 is 0.783 bits per heavy atom. The second-order valence-corrected chi connectivity index (χ2v) is 7.86. The summed E-state index contributed by atoms with van der Waals surface area (Å²) in [7, 11) is 0. The Morgan fingerprint density at radius 2 is 1.30 bits per heavy atom. The lowest BCUT2D eigenvalue weighted by Crippen LogP contribution is -1.93. The van der Waals surface area contributed by atoms with Gasteiger partial charge in [0.05, 0.1) is 10.5 Å². The van der Waals surface area contributed by atoms with Gasteiger partial charge in [0.1, 0.15) is 0 Å². The predicted octanol–water partition coefficient (Wildman–Crippen LogP) is 8.00. The maximum atomic E-state index is 4.41. The zero-order valence-corrected chi connectivity index (χ0v) is 16.7. The molecule has 0 saturated carbocycles. The van der Waals surface area contributed by atoms with Gasteiger partial charge in [0.25, 0.3) is 0 Å². The second-order valence-electron chi connectivity index (χ2n) is 6.75. The van der Waals surface area contributed by atoms with E-state index >= 15 is 0 Å². The second kappa shape index (κ2) is 15.2. The molecule has 1 atom stereocenters. The van der Waals surface area contributed by atoms with Crippen LogP contribution in [0.5, 0.6) is 0 Å². The van der Waals surface area contributed by atoms with Gasteiger partial charge < -0.3 is 0 Å². The van der Waals surface area contributed by atoms with Crippen LogP contribution in [-0.4, -0.2) is 4.98 Å². The van der Waals surface area contributed by atoms with Crippen LogP contribution >= 0.6 is 15.9 Å². The van der Waals surface area contributed by atoms with Crippen LogP contribution in [0.4, 0.5) is 0 Å². The summed E-state index contributed by atoms with van der Waals surface area (Å²) in [6.45, 7) is 2.29. The molecule has 0 N–H and O–H groups in total. The first-order valence-electron chi connectivity index (χ1n) is 9.89. The molecule has 0 aliphatic carbocycles. The van der Waals surface area contributed by atoms with E-state index in [0.717, 1.165) is 0 Å². The Hall–Kier alpha value is -0.370. The lowest BCUT2D eigenvalue weighted by molar-refractivity contribution is 0.535. The van der Waals surface area contributed by atoms with E-state index in [0.29, 0.717) is 4.83 Å². The van der Waals surface area contributed by atoms with E-state index in [-0.39, 0.29) is 0 Å². The summed E-state index contributed by atoms with van der Waals surface area (Å²) in [4.78, 5) is 4.84. The maximum absolute atomic E-state index is 4.41. The highest BCUT2D eigenvalue weighted by molar-refractivity contribution is 9.09. The van der Waals surface area contributed by atoms with E-state index in [1.807, 2.05) is 12.3 Å². The minimum absolute atomic E-state index is 0.427. The minimum atomic E-state index is 0.427. The number of hydrogen-bond acceptors (Lipinski definition) is 1. The van der Waals surface area contributed by atoms with E-state index < -0.39 is 0 Å². The molecule has 0 spiro atoms. The molecule has 0 fully saturated rings. The molecule has 1 unspecified atom stereocenters. The Kier molecular flexibility index (Phi) is 13.6. The van der Waals surface area contributed by atoms with Gasteiger partial charge in [-0.25, -0.2) is 0 Å².